The summed E-state index contributed by atoms with van der Waals surface area (Å²) in [5.41, 5.74) is -0.381. The van der Waals surface area contributed by atoms with Gasteiger partial charge in [0.25, 0.3) is 0 Å². The maximum absolute atomic E-state index is 12.8. The molecule has 22 heavy (non-hydrogen) atoms. The Morgan fingerprint density at radius 3 is 2.59 bits per heavy atom. The normalized spacial score (nSPS) is 12.0. The Kier molecular flexibility index (Phi) is 6.97. The number of benzene rings is 1. The van der Waals surface area contributed by atoms with Crippen LogP contribution in [0.3, 0.4) is 0 Å². The van der Waals surface area contributed by atoms with Crippen LogP contribution in [-0.4, -0.2) is 24.8 Å². The number of amides is 1. The third-order valence-electron chi connectivity index (χ3n) is 2.32. The van der Waals surface area contributed by atoms with Gasteiger partial charge in [0.2, 0.25) is 0 Å². The molecule has 0 heterocycles. The molecule has 1 N–H and O–H groups in total. The molecular weight excluding hydrogens is 332 g/mol. The van der Waals surface area contributed by atoms with Crippen molar-refractivity contribution in [3.63, 3.8) is 0 Å². The zero-order valence-corrected chi connectivity index (χ0v) is 14.1. The molecule has 0 fully saturated rings. The Morgan fingerprint density at radius 2 is 2.05 bits per heavy atom. The Bertz CT molecular complexity index is 556. The highest BCUT2D eigenvalue weighted by Gasteiger charge is 2.16. The predicted octanol–water partition coefficient (Wildman–Crippen LogP) is 4.75. The lowest BCUT2D eigenvalue weighted by Gasteiger charge is -2.20. The average Bonchev–Trinajstić information content (AvgIpc) is 2.38. The van der Waals surface area contributed by atoms with E-state index < -0.39 is 11.7 Å². The molecule has 0 radical (unpaired) electrons. The second-order valence-corrected chi connectivity index (χ2v) is 6.33. The first-order valence-corrected chi connectivity index (χ1v) is 7.29. The van der Waals surface area contributed by atoms with Crippen LogP contribution in [-0.2, 0) is 4.74 Å². The molecule has 0 aliphatic rings. The van der Waals surface area contributed by atoms with Gasteiger partial charge < -0.3 is 14.8 Å². The van der Waals surface area contributed by atoms with E-state index in [0.29, 0.717) is 22.1 Å². The molecular formula is C15H18Cl2FNO3. The Morgan fingerprint density at radius 1 is 1.36 bits per heavy atom. The van der Waals surface area contributed by atoms with Crippen molar-refractivity contribution in [2.75, 3.05) is 13.2 Å². The average molecular weight is 350 g/mol. The fourth-order valence-corrected chi connectivity index (χ4v) is 1.85. The summed E-state index contributed by atoms with van der Waals surface area (Å²) < 4.78 is 23.3. The molecule has 122 valence electrons. The monoisotopic (exact) mass is 349 g/mol. The van der Waals surface area contributed by atoms with Crippen LogP contribution < -0.4 is 10.1 Å². The molecule has 0 aromatic heterocycles. The summed E-state index contributed by atoms with van der Waals surface area (Å²) >= 11 is 11.7. The third-order valence-corrected chi connectivity index (χ3v) is 2.85. The van der Waals surface area contributed by atoms with E-state index in [1.165, 1.54) is 6.07 Å². The molecule has 1 aromatic carbocycles. The van der Waals surface area contributed by atoms with Crippen molar-refractivity contribution >= 4 is 29.3 Å². The van der Waals surface area contributed by atoms with Gasteiger partial charge in [-0.05, 0) is 39.0 Å². The summed E-state index contributed by atoms with van der Waals surface area (Å²) in [7, 11) is 0. The second kappa shape index (κ2) is 8.25. The van der Waals surface area contributed by atoms with Gasteiger partial charge >= 0.3 is 6.09 Å². The zero-order chi connectivity index (χ0) is 16.8. The van der Waals surface area contributed by atoms with Crippen molar-refractivity contribution in [2.24, 2.45) is 0 Å². The molecule has 0 aliphatic heterocycles. The molecule has 0 bridgehead atoms. The van der Waals surface area contributed by atoms with Crippen molar-refractivity contribution in [3.05, 3.63) is 40.1 Å². The predicted molar refractivity (Wildman–Crippen MR) is 85.4 cm³/mol. The van der Waals surface area contributed by atoms with Gasteiger partial charge in [-0.15, -0.1) is 0 Å². The van der Waals surface area contributed by atoms with Gasteiger partial charge in [-0.3, -0.25) is 0 Å². The summed E-state index contributed by atoms with van der Waals surface area (Å²) in [6.07, 6.45) is -0.252. The van der Waals surface area contributed by atoms with E-state index >= 15 is 0 Å². The van der Waals surface area contributed by atoms with Gasteiger partial charge in [0.15, 0.2) is 0 Å². The number of carbonyl (C=O) groups excluding carboxylic acids is 1. The van der Waals surface area contributed by atoms with Crippen molar-refractivity contribution < 1.29 is 18.7 Å². The molecule has 0 atom stereocenters. The van der Waals surface area contributed by atoms with Crippen LogP contribution in [0.25, 0.3) is 0 Å². The van der Waals surface area contributed by atoms with Crippen LogP contribution in [0, 0.1) is 0 Å². The molecule has 7 heteroatoms. The topological polar surface area (TPSA) is 47.6 Å². The standard InChI is InChI=1S/C15H18Cl2FNO3/c1-15(2,3)22-14(20)19-8-10(7-18)9-21-13-5-4-11(16)6-12(13)17/h4-7H,8-9H2,1-3H3,(H,19,20)/b10-7-. The SMILES string of the molecule is CC(C)(C)OC(=O)NC/C(=C/F)COc1ccc(Cl)cc1Cl. The maximum atomic E-state index is 12.8. The first kappa shape index (κ1) is 18.6. The quantitative estimate of drug-likeness (QED) is 0.834. The van der Waals surface area contributed by atoms with Gasteiger partial charge in [0.1, 0.15) is 18.0 Å². The molecule has 0 spiro atoms. The van der Waals surface area contributed by atoms with Gasteiger partial charge in [-0.25, -0.2) is 9.18 Å². The van der Waals surface area contributed by atoms with E-state index in [2.05, 4.69) is 5.32 Å². The first-order chi connectivity index (χ1) is 10.2. The second-order valence-electron chi connectivity index (χ2n) is 5.49. The number of nitrogens with one attached hydrogen (secondary N) is 1. The molecule has 1 amide bonds. The Labute approximate surface area is 139 Å². The number of alkyl carbamates (subject to hydrolysis) is 1. The maximum Gasteiger partial charge on any atom is 0.407 e. The van der Waals surface area contributed by atoms with Crippen LogP contribution >= 0.6 is 23.2 Å². The van der Waals surface area contributed by atoms with E-state index in [0.717, 1.165) is 0 Å². The smallest absolute Gasteiger partial charge is 0.407 e. The largest absolute Gasteiger partial charge is 0.488 e. The van der Waals surface area contributed by atoms with Crippen LogP contribution in [0.5, 0.6) is 5.75 Å². The molecule has 0 saturated carbocycles. The number of hydrogen-bond donors (Lipinski definition) is 1. The minimum absolute atomic E-state index is 0.0311. The number of rotatable bonds is 5. The van der Waals surface area contributed by atoms with Crippen LogP contribution in [0.4, 0.5) is 9.18 Å². The summed E-state index contributed by atoms with van der Waals surface area (Å²) in [5, 5.41) is 3.25. The van der Waals surface area contributed by atoms with Gasteiger partial charge in [-0.2, -0.15) is 0 Å². The lowest BCUT2D eigenvalue weighted by molar-refractivity contribution is 0.0531. The molecule has 0 aliphatic carbocycles. The van der Waals surface area contributed by atoms with E-state index in [-0.39, 0.29) is 18.7 Å². The molecule has 0 unspecified atom stereocenters. The van der Waals surface area contributed by atoms with Crippen molar-refractivity contribution in [1.29, 1.82) is 0 Å². The Hall–Kier alpha value is -1.46. The van der Waals surface area contributed by atoms with E-state index in [1.807, 2.05) is 0 Å². The number of carbonyl (C=O) groups is 1. The highest BCUT2D eigenvalue weighted by Crippen LogP contribution is 2.27. The van der Waals surface area contributed by atoms with E-state index in [9.17, 15) is 9.18 Å². The molecule has 1 aromatic rings. The lowest BCUT2D eigenvalue weighted by Crippen LogP contribution is -2.34. The van der Waals surface area contributed by atoms with Crippen molar-refractivity contribution in [3.8, 4) is 5.75 Å². The molecule has 4 nitrogen and oxygen atoms in total. The minimum Gasteiger partial charge on any atom is -0.488 e. The molecule has 1 rings (SSSR count). The van der Waals surface area contributed by atoms with E-state index in [1.54, 1.807) is 32.9 Å². The highest BCUT2D eigenvalue weighted by molar-refractivity contribution is 6.35. The van der Waals surface area contributed by atoms with Gasteiger partial charge in [0, 0.05) is 17.1 Å². The number of hydrogen-bond acceptors (Lipinski definition) is 3. The number of halogens is 3. The third kappa shape index (κ3) is 7.00. The lowest BCUT2D eigenvalue weighted by atomic mass is 10.2. The van der Waals surface area contributed by atoms with E-state index in [4.69, 9.17) is 32.7 Å². The summed E-state index contributed by atoms with van der Waals surface area (Å²) in [6.45, 7) is 5.13. The molecule has 0 saturated heterocycles. The fraction of sp³-hybridized carbons (Fsp3) is 0.400. The highest BCUT2D eigenvalue weighted by atomic mass is 35.5. The van der Waals surface area contributed by atoms with Crippen LogP contribution in [0.15, 0.2) is 30.1 Å². The Balaban J connectivity index is 2.48. The van der Waals surface area contributed by atoms with Crippen LogP contribution in [0.2, 0.25) is 10.0 Å². The minimum atomic E-state index is -0.628. The van der Waals surface area contributed by atoms with Gasteiger partial charge in [0.05, 0.1) is 11.4 Å². The summed E-state index contributed by atoms with van der Waals surface area (Å²) in [5.74, 6) is 0.377. The summed E-state index contributed by atoms with van der Waals surface area (Å²) in [4.78, 5) is 11.5. The van der Waals surface area contributed by atoms with Crippen LogP contribution in [0.1, 0.15) is 20.8 Å². The van der Waals surface area contributed by atoms with Crippen molar-refractivity contribution in [2.45, 2.75) is 26.4 Å². The van der Waals surface area contributed by atoms with Gasteiger partial charge in [-0.1, -0.05) is 23.2 Å². The number of ether oxygens (including phenoxy) is 2. The van der Waals surface area contributed by atoms with Crippen molar-refractivity contribution in [1.82, 2.24) is 5.32 Å². The zero-order valence-electron chi connectivity index (χ0n) is 12.6. The summed E-state index contributed by atoms with van der Waals surface area (Å²) in [6, 6.07) is 4.72. The fourth-order valence-electron chi connectivity index (χ4n) is 1.38. The first-order valence-electron chi connectivity index (χ1n) is 6.54.